The van der Waals surface area contributed by atoms with Crippen LogP contribution in [0.3, 0.4) is 0 Å². The highest BCUT2D eigenvalue weighted by molar-refractivity contribution is 7.09. The number of aliphatic hydroxyl groups is 1. The third kappa shape index (κ3) is 3.18. The molecule has 1 aliphatic rings. The predicted octanol–water partition coefficient (Wildman–Crippen LogP) is 2.62. The number of hydrogen-bond donors (Lipinski definition) is 1. The van der Waals surface area contributed by atoms with Gasteiger partial charge in [-0.2, -0.15) is 0 Å². The molecular weight excluding hydrogens is 303 g/mol. The molecular formula is C16H17FN2O2S. The van der Waals surface area contributed by atoms with Crippen LogP contribution >= 0.6 is 11.3 Å². The second kappa shape index (κ2) is 6.54. The normalized spacial score (nSPS) is 17.9. The van der Waals surface area contributed by atoms with Gasteiger partial charge in [0, 0.05) is 18.0 Å². The Morgan fingerprint density at radius 1 is 1.41 bits per heavy atom. The Balaban J connectivity index is 1.72. The van der Waals surface area contributed by atoms with Crippen LogP contribution in [0.2, 0.25) is 0 Å². The monoisotopic (exact) mass is 320 g/mol. The SMILES string of the molecule is O=C(c1csc(CO)n1)N1CCCC1Cc1ccc(F)cc1. The van der Waals surface area contributed by atoms with E-state index in [0.717, 1.165) is 31.4 Å². The molecule has 1 fully saturated rings. The third-order valence-electron chi connectivity index (χ3n) is 3.93. The first-order valence-electron chi connectivity index (χ1n) is 7.28. The van der Waals surface area contributed by atoms with Crippen LogP contribution in [0.15, 0.2) is 29.6 Å². The minimum Gasteiger partial charge on any atom is -0.389 e. The van der Waals surface area contributed by atoms with Gasteiger partial charge < -0.3 is 10.0 Å². The van der Waals surface area contributed by atoms with Crippen molar-refractivity contribution in [2.75, 3.05) is 6.54 Å². The van der Waals surface area contributed by atoms with Gasteiger partial charge in [0.05, 0.1) is 6.61 Å². The molecule has 22 heavy (non-hydrogen) atoms. The third-order valence-corrected chi connectivity index (χ3v) is 4.76. The molecule has 3 rings (SSSR count). The van der Waals surface area contributed by atoms with Crippen LogP contribution in [0.1, 0.15) is 33.9 Å². The maximum atomic E-state index is 13.0. The van der Waals surface area contributed by atoms with Gasteiger partial charge in [0.15, 0.2) is 0 Å². The average Bonchev–Trinajstić information content (AvgIpc) is 3.18. The molecule has 0 spiro atoms. The maximum Gasteiger partial charge on any atom is 0.273 e. The fraction of sp³-hybridized carbons (Fsp3) is 0.375. The Morgan fingerprint density at radius 3 is 2.86 bits per heavy atom. The van der Waals surface area contributed by atoms with Gasteiger partial charge in [-0.3, -0.25) is 4.79 Å². The fourth-order valence-corrected chi connectivity index (χ4v) is 3.46. The number of likely N-dealkylation sites (tertiary alicyclic amines) is 1. The summed E-state index contributed by atoms with van der Waals surface area (Å²) in [5.41, 5.74) is 1.43. The Hall–Kier alpha value is -1.79. The number of hydrogen-bond acceptors (Lipinski definition) is 4. The van der Waals surface area contributed by atoms with E-state index in [0.29, 0.717) is 10.7 Å². The summed E-state index contributed by atoms with van der Waals surface area (Å²) in [5, 5.41) is 11.3. The molecule has 116 valence electrons. The van der Waals surface area contributed by atoms with Crippen molar-refractivity contribution in [3.05, 3.63) is 51.7 Å². The summed E-state index contributed by atoms with van der Waals surface area (Å²) in [6.45, 7) is 0.577. The zero-order valence-corrected chi connectivity index (χ0v) is 12.9. The lowest BCUT2D eigenvalue weighted by atomic mass is 10.0. The highest BCUT2D eigenvalue weighted by Gasteiger charge is 2.30. The Morgan fingerprint density at radius 2 is 2.18 bits per heavy atom. The molecule has 1 unspecified atom stereocenters. The highest BCUT2D eigenvalue weighted by Crippen LogP contribution is 2.24. The molecule has 1 N–H and O–H groups in total. The Kier molecular flexibility index (Phi) is 4.49. The van der Waals surface area contributed by atoms with Crippen molar-refractivity contribution in [1.29, 1.82) is 0 Å². The van der Waals surface area contributed by atoms with E-state index < -0.39 is 0 Å². The van der Waals surface area contributed by atoms with E-state index in [1.165, 1.54) is 23.5 Å². The second-order valence-corrected chi connectivity index (χ2v) is 6.35. The largest absolute Gasteiger partial charge is 0.389 e. The molecule has 1 aliphatic heterocycles. The number of amides is 1. The molecule has 1 aromatic heterocycles. The Labute approximate surface area is 132 Å². The van der Waals surface area contributed by atoms with Gasteiger partial charge in [-0.1, -0.05) is 12.1 Å². The zero-order valence-electron chi connectivity index (χ0n) is 12.0. The first-order chi connectivity index (χ1) is 10.7. The van der Waals surface area contributed by atoms with Crippen molar-refractivity contribution in [3.63, 3.8) is 0 Å². The predicted molar refractivity (Wildman–Crippen MR) is 82.2 cm³/mol. The van der Waals surface area contributed by atoms with E-state index in [1.807, 2.05) is 4.90 Å². The summed E-state index contributed by atoms with van der Waals surface area (Å²) >= 11 is 1.29. The number of rotatable bonds is 4. The first kappa shape index (κ1) is 15.1. The summed E-state index contributed by atoms with van der Waals surface area (Å²) in [7, 11) is 0. The minimum absolute atomic E-state index is 0.0828. The molecule has 0 radical (unpaired) electrons. The molecule has 0 aliphatic carbocycles. The van der Waals surface area contributed by atoms with Crippen LogP contribution in [-0.4, -0.2) is 33.5 Å². The van der Waals surface area contributed by atoms with Crippen LogP contribution in [-0.2, 0) is 13.0 Å². The van der Waals surface area contributed by atoms with E-state index in [4.69, 9.17) is 5.11 Å². The van der Waals surface area contributed by atoms with E-state index in [2.05, 4.69) is 4.98 Å². The lowest BCUT2D eigenvalue weighted by Gasteiger charge is -2.24. The van der Waals surface area contributed by atoms with Crippen molar-refractivity contribution in [2.45, 2.75) is 31.9 Å². The van der Waals surface area contributed by atoms with E-state index in [9.17, 15) is 9.18 Å². The van der Waals surface area contributed by atoms with Crippen molar-refractivity contribution in [1.82, 2.24) is 9.88 Å². The van der Waals surface area contributed by atoms with Gasteiger partial charge in [-0.05, 0) is 37.0 Å². The number of halogens is 1. The standard InChI is InChI=1S/C16H17FN2O2S/c17-12-5-3-11(4-6-12)8-13-2-1-7-19(13)16(21)14-10-22-15(9-20)18-14/h3-6,10,13,20H,1-2,7-9H2. The highest BCUT2D eigenvalue weighted by atomic mass is 32.1. The van der Waals surface area contributed by atoms with Gasteiger partial charge >= 0.3 is 0 Å². The van der Waals surface area contributed by atoms with Crippen LogP contribution in [0.5, 0.6) is 0 Å². The summed E-state index contributed by atoms with van der Waals surface area (Å²) in [6.07, 6.45) is 2.64. The van der Waals surface area contributed by atoms with Gasteiger partial charge in [0.2, 0.25) is 0 Å². The van der Waals surface area contributed by atoms with Crippen LogP contribution in [0.4, 0.5) is 4.39 Å². The molecule has 6 heteroatoms. The van der Waals surface area contributed by atoms with E-state index in [-0.39, 0.29) is 24.4 Å². The van der Waals surface area contributed by atoms with Crippen molar-refractivity contribution in [3.8, 4) is 0 Å². The van der Waals surface area contributed by atoms with Crippen molar-refractivity contribution in [2.24, 2.45) is 0 Å². The number of aromatic nitrogens is 1. The summed E-state index contributed by atoms with van der Waals surface area (Å²) in [4.78, 5) is 18.6. The lowest BCUT2D eigenvalue weighted by Crippen LogP contribution is -2.37. The average molecular weight is 320 g/mol. The van der Waals surface area contributed by atoms with Crippen molar-refractivity contribution >= 4 is 17.2 Å². The van der Waals surface area contributed by atoms with Gasteiger partial charge in [0.1, 0.15) is 16.5 Å². The van der Waals surface area contributed by atoms with E-state index in [1.54, 1.807) is 17.5 Å². The molecule has 1 aromatic carbocycles. The van der Waals surface area contributed by atoms with Crippen LogP contribution < -0.4 is 0 Å². The quantitative estimate of drug-likeness (QED) is 0.942. The molecule has 1 amide bonds. The first-order valence-corrected chi connectivity index (χ1v) is 8.16. The van der Waals surface area contributed by atoms with Gasteiger partial charge in [-0.15, -0.1) is 11.3 Å². The van der Waals surface area contributed by atoms with Crippen LogP contribution in [0, 0.1) is 5.82 Å². The molecule has 4 nitrogen and oxygen atoms in total. The van der Waals surface area contributed by atoms with Gasteiger partial charge in [-0.25, -0.2) is 9.37 Å². The van der Waals surface area contributed by atoms with Crippen LogP contribution in [0.25, 0.3) is 0 Å². The number of aliphatic hydroxyl groups excluding tert-OH is 1. The maximum absolute atomic E-state index is 13.0. The topological polar surface area (TPSA) is 53.4 Å². The molecule has 0 bridgehead atoms. The summed E-state index contributed by atoms with van der Waals surface area (Å²) in [5.74, 6) is -0.331. The summed E-state index contributed by atoms with van der Waals surface area (Å²) in [6, 6.07) is 6.55. The molecule has 0 saturated carbocycles. The number of benzene rings is 1. The second-order valence-electron chi connectivity index (χ2n) is 5.41. The number of carbonyl (C=O) groups is 1. The molecule has 2 aromatic rings. The molecule has 2 heterocycles. The number of nitrogens with zero attached hydrogens (tertiary/aromatic N) is 2. The smallest absolute Gasteiger partial charge is 0.273 e. The lowest BCUT2D eigenvalue weighted by molar-refractivity contribution is 0.0731. The Bertz CT molecular complexity index is 656. The van der Waals surface area contributed by atoms with Crippen molar-refractivity contribution < 1.29 is 14.3 Å². The zero-order chi connectivity index (χ0) is 15.5. The molecule has 1 atom stereocenters. The summed E-state index contributed by atoms with van der Waals surface area (Å²) < 4.78 is 13.0. The van der Waals surface area contributed by atoms with Gasteiger partial charge in [0.25, 0.3) is 5.91 Å². The minimum atomic E-state index is -0.248. The van der Waals surface area contributed by atoms with E-state index >= 15 is 0 Å². The molecule has 1 saturated heterocycles. The number of thiazole rings is 1. The number of carbonyl (C=O) groups excluding carboxylic acids is 1. The fourth-order valence-electron chi connectivity index (χ4n) is 2.84.